The highest BCUT2D eigenvalue weighted by Crippen LogP contribution is 2.30. The van der Waals surface area contributed by atoms with Crippen molar-refractivity contribution in [1.29, 1.82) is 0 Å². The van der Waals surface area contributed by atoms with Crippen LogP contribution in [0.15, 0.2) is 12.1 Å². The molecule has 1 N–H and O–H groups in total. The van der Waals surface area contributed by atoms with Crippen molar-refractivity contribution in [2.24, 2.45) is 7.05 Å². The number of aromatic carboxylic acids is 1. The van der Waals surface area contributed by atoms with Gasteiger partial charge in [-0.3, -0.25) is 0 Å². The molecule has 1 aromatic heterocycles. The van der Waals surface area contributed by atoms with Crippen LogP contribution in [0.25, 0.3) is 10.9 Å². The second-order valence-electron chi connectivity index (χ2n) is 4.83. The molecule has 0 amide bonds. The molecule has 0 aliphatic carbocycles. The van der Waals surface area contributed by atoms with E-state index in [1.54, 1.807) is 0 Å². The summed E-state index contributed by atoms with van der Waals surface area (Å²) in [5, 5.41) is 10.5. The largest absolute Gasteiger partial charge is 0.478 e. The normalized spacial score (nSPS) is 11.1. The Morgan fingerprint density at radius 3 is 2.56 bits per heavy atom. The van der Waals surface area contributed by atoms with E-state index in [9.17, 15) is 9.90 Å². The molecular formula is C15H19NO2. The van der Waals surface area contributed by atoms with Gasteiger partial charge in [-0.15, -0.1) is 0 Å². The molecule has 1 heterocycles. The Morgan fingerprint density at radius 2 is 2.00 bits per heavy atom. The minimum absolute atomic E-state index is 0.431. The molecule has 0 atom stereocenters. The molecule has 0 bridgehead atoms. The molecule has 0 saturated carbocycles. The number of nitrogens with zero attached hydrogens (tertiary/aromatic N) is 1. The highest BCUT2D eigenvalue weighted by Gasteiger charge is 2.19. The Kier molecular flexibility index (Phi) is 3.16. The van der Waals surface area contributed by atoms with E-state index in [4.69, 9.17) is 0 Å². The average Bonchev–Trinajstić information content (AvgIpc) is 2.54. The highest BCUT2D eigenvalue weighted by molar-refractivity contribution is 6.05. The summed E-state index contributed by atoms with van der Waals surface area (Å²) >= 11 is 0. The molecule has 3 heteroatoms. The second-order valence-corrected chi connectivity index (χ2v) is 4.83. The lowest BCUT2D eigenvalue weighted by molar-refractivity contribution is 0.0698. The third-order valence-electron chi connectivity index (χ3n) is 3.70. The zero-order valence-electron chi connectivity index (χ0n) is 11.4. The van der Waals surface area contributed by atoms with Crippen LogP contribution in [0.5, 0.6) is 0 Å². The molecular weight excluding hydrogens is 226 g/mol. The van der Waals surface area contributed by atoms with E-state index in [2.05, 4.69) is 19.9 Å². The summed E-state index contributed by atoms with van der Waals surface area (Å²) < 4.78 is 2.01. The van der Waals surface area contributed by atoms with Crippen molar-refractivity contribution in [3.05, 3.63) is 34.5 Å². The number of fused-ring (bicyclic) bond motifs is 1. The predicted molar refractivity (Wildman–Crippen MR) is 73.3 cm³/mol. The van der Waals surface area contributed by atoms with E-state index < -0.39 is 5.97 Å². The molecule has 0 saturated heterocycles. The molecule has 2 aromatic rings. The number of aromatic nitrogens is 1. The number of carboxylic acid groups (broad SMARTS) is 1. The molecule has 0 unspecified atom stereocenters. The van der Waals surface area contributed by atoms with Crippen molar-refractivity contribution in [2.45, 2.75) is 33.6 Å². The molecule has 0 aliphatic rings. The van der Waals surface area contributed by atoms with Gasteiger partial charge in [0.15, 0.2) is 0 Å². The van der Waals surface area contributed by atoms with Gasteiger partial charge in [0, 0.05) is 18.1 Å². The smallest absolute Gasteiger partial charge is 0.338 e. The van der Waals surface area contributed by atoms with Gasteiger partial charge in [-0.2, -0.15) is 0 Å². The van der Waals surface area contributed by atoms with Crippen molar-refractivity contribution in [2.75, 3.05) is 0 Å². The van der Waals surface area contributed by atoms with E-state index in [-0.39, 0.29) is 0 Å². The van der Waals surface area contributed by atoms with Gasteiger partial charge in [-0.1, -0.05) is 25.5 Å². The van der Waals surface area contributed by atoms with Crippen molar-refractivity contribution >= 4 is 16.9 Å². The summed E-state index contributed by atoms with van der Waals surface area (Å²) in [7, 11) is 1.95. The summed E-state index contributed by atoms with van der Waals surface area (Å²) in [5.41, 5.74) is 4.54. The minimum Gasteiger partial charge on any atom is -0.478 e. The summed E-state index contributed by atoms with van der Waals surface area (Å²) in [6.07, 6.45) is 2.06. The van der Waals surface area contributed by atoms with Crippen LogP contribution in [0.3, 0.4) is 0 Å². The predicted octanol–water partition coefficient (Wildman–Crippen LogP) is 3.45. The molecule has 0 radical (unpaired) electrons. The Balaban J connectivity index is 2.90. The average molecular weight is 245 g/mol. The topological polar surface area (TPSA) is 42.2 Å². The van der Waals surface area contributed by atoms with Crippen LogP contribution < -0.4 is 0 Å². The molecule has 1 aromatic carbocycles. The first kappa shape index (κ1) is 12.7. The molecule has 2 rings (SSSR count). The Hall–Kier alpha value is -1.77. The lowest BCUT2D eigenvalue weighted by Gasteiger charge is -2.06. The van der Waals surface area contributed by atoms with Crippen molar-refractivity contribution in [3.8, 4) is 0 Å². The van der Waals surface area contributed by atoms with Crippen LogP contribution in [0.2, 0.25) is 0 Å². The number of hydrogen-bond acceptors (Lipinski definition) is 1. The van der Waals surface area contributed by atoms with Crippen LogP contribution >= 0.6 is 0 Å². The van der Waals surface area contributed by atoms with Crippen molar-refractivity contribution in [1.82, 2.24) is 4.57 Å². The minimum atomic E-state index is -0.846. The van der Waals surface area contributed by atoms with Crippen LogP contribution in [0, 0.1) is 13.8 Å². The zero-order chi connectivity index (χ0) is 13.4. The maximum Gasteiger partial charge on any atom is 0.338 e. The van der Waals surface area contributed by atoms with Gasteiger partial charge in [-0.25, -0.2) is 4.79 Å². The van der Waals surface area contributed by atoms with Crippen molar-refractivity contribution < 1.29 is 9.90 Å². The standard InChI is InChI=1S/C15H19NO2/c1-5-6-11-10(3)16(4)14-12(11)8-7-9(2)13(14)15(17)18/h7-8H,5-6H2,1-4H3,(H,17,18). The van der Waals surface area contributed by atoms with Gasteiger partial charge in [-0.05, 0) is 31.4 Å². The first-order chi connectivity index (χ1) is 8.49. The number of rotatable bonds is 3. The lowest BCUT2D eigenvalue weighted by atomic mass is 10.0. The Bertz CT molecular complexity index is 623. The van der Waals surface area contributed by atoms with E-state index in [1.165, 1.54) is 11.3 Å². The highest BCUT2D eigenvalue weighted by atomic mass is 16.4. The monoisotopic (exact) mass is 245 g/mol. The summed E-state index contributed by atoms with van der Waals surface area (Å²) in [5.74, 6) is -0.846. The maximum absolute atomic E-state index is 11.5. The Morgan fingerprint density at radius 1 is 1.33 bits per heavy atom. The third kappa shape index (κ3) is 1.70. The van der Waals surface area contributed by atoms with E-state index in [1.807, 2.05) is 24.6 Å². The first-order valence-electron chi connectivity index (χ1n) is 6.29. The van der Waals surface area contributed by atoms with Crippen LogP contribution in [0.4, 0.5) is 0 Å². The molecule has 0 spiro atoms. The van der Waals surface area contributed by atoms with Gasteiger partial charge >= 0.3 is 5.97 Å². The van der Waals surface area contributed by atoms with Gasteiger partial charge in [0.25, 0.3) is 0 Å². The molecule has 3 nitrogen and oxygen atoms in total. The fourth-order valence-corrected chi connectivity index (χ4v) is 2.68. The zero-order valence-corrected chi connectivity index (χ0v) is 11.4. The number of hydrogen-bond donors (Lipinski definition) is 1. The number of benzene rings is 1. The Labute approximate surface area is 107 Å². The summed E-state index contributed by atoms with van der Waals surface area (Å²) in [4.78, 5) is 11.5. The fourth-order valence-electron chi connectivity index (χ4n) is 2.68. The van der Waals surface area contributed by atoms with Crippen LogP contribution in [0.1, 0.15) is 40.5 Å². The summed E-state index contributed by atoms with van der Waals surface area (Å²) in [6.45, 7) is 6.06. The fraction of sp³-hybridized carbons (Fsp3) is 0.400. The SMILES string of the molecule is CCCc1c(C)n(C)c2c(C(=O)O)c(C)ccc12. The van der Waals surface area contributed by atoms with Gasteiger partial charge < -0.3 is 9.67 Å². The van der Waals surface area contributed by atoms with Gasteiger partial charge in [0.05, 0.1) is 11.1 Å². The van der Waals surface area contributed by atoms with Crippen LogP contribution in [-0.4, -0.2) is 15.6 Å². The molecule has 18 heavy (non-hydrogen) atoms. The van der Waals surface area contributed by atoms with Crippen LogP contribution in [-0.2, 0) is 13.5 Å². The maximum atomic E-state index is 11.5. The second kappa shape index (κ2) is 4.48. The third-order valence-corrected chi connectivity index (χ3v) is 3.70. The molecule has 0 aliphatic heterocycles. The lowest BCUT2D eigenvalue weighted by Crippen LogP contribution is -2.04. The number of aryl methyl sites for hydroxylation is 3. The number of carboxylic acids is 1. The molecule has 96 valence electrons. The van der Waals surface area contributed by atoms with Gasteiger partial charge in [0.1, 0.15) is 0 Å². The first-order valence-corrected chi connectivity index (χ1v) is 6.29. The van der Waals surface area contributed by atoms with E-state index >= 15 is 0 Å². The molecule has 0 fully saturated rings. The van der Waals surface area contributed by atoms with Gasteiger partial charge in [0.2, 0.25) is 0 Å². The van der Waals surface area contributed by atoms with Crippen molar-refractivity contribution in [3.63, 3.8) is 0 Å². The summed E-state index contributed by atoms with van der Waals surface area (Å²) in [6, 6.07) is 3.96. The van der Waals surface area contributed by atoms with E-state index in [0.717, 1.165) is 29.3 Å². The van der Waals surface area contributed by atoms with E-state index in [0.29, 0.717) is 5.56 Å². The number of carbonyl (C=O) groups is 1. The quantitative estimate of drug-likeness (QED) is 0.900.